The largest absolute Gasteiger partial charge is 0.393 e. The lowest BCUT2D eigenvalue weighted by Gasteiger charge is -1.98. The van der Waals surface area contributed by atoms with Crippen molar-refractivity contribution in [1.29, 1.82) is 0 Å². The summed E-state index contributed by atoms with van der Waals surface area (Å²) in [5.74, 6) is 0. The summed E-state index contributed by atoms with van der Waals surface area (Å²) in [6.45, 7) is 0.720. The molecule has 5 heteroatoms. The van der Waals surface area contributed by atoms with Crippen LogP contribution >= 0.6 is 0 Å². The summed E-state index contributed by atoms with van der Waals surface area (Å²) >= 11 is 0. The van der Waals surface area contributed by atoms with Gasteiger partial charge in [0.05, 0.1) is 4.92 Å². The number of nitrogens with two attached hydrogens (primary N) is 1. The number of hydrogen-bond acceptors (Lipinski definition) is 4. The second-order valence-corrected chi connectivity index (χ2v) is 3.04. The lowest BCUT2D eigenvalue weighted by Crippen LogP contribution is -2.03. The molecule has 1 rings (SSSR count). The molecule has 0 spiro atoms. The van der Waals surface area contributed by atoms with E-state index >= 15 is 0 Å². The molecule has 5 nitrogen and oxygen atoms in total. The van der Waals surface area contributed by atoms with Crippen molar-refractivity contribution in [2.45, 2.75) is 0 Å². The van der Waals surface area contributed by atoms with Crippen molar-refractivity contribution in [3.05, 3.63) is 40.0 Å². The van der Waals surface area contributed by atoms with E-state index in [0.717, 1.165) is 12.1 Å². The number of nitro benzene ring substituents is 1. The van der Waals surface area contributed by atoms with Gasteiger partial charge in [0.15, 0.2) is 0 Å². The molecule has 0 unspecified atom stereocenters. The highest BCUT2D eigenvalue weighted by atomic mass is 16.6. The summed E-state index contributed by atoms with van der Waals surface area (Å²) in [5, 5.41) is 13.5. The molecule has 1 aromatic carbocycles. The van der Waals surface area contributed by atoms with Crippen molar-refractivity contribution in [3.63, 3.8) is 0 Å². The minimum absolute atomic E-state index is 0.0541. The van der Waals surface area contributed by atoms with Crippen molar-refractivity contribution in [1.82, 2.24) is 5.32 Å². The number of nitrogens with zero attached hydrogens (tertiary/aromatic N) is 1. The Hall–Kier alpha value is -1.88. The molecule has 0 aliphatic heterocycles. The highest BCUT2D eigenvalue weighted by Crippen LogP contribution is 2.22. The highest BCUT2D eigenvalue weighted by Gasteiger charge is 2.10. The van der Waals surface area contributed by atoms with Crippen molar-refractivity contribution < 1.29 is 4.92 Å². The Morgan fingerprint density at radius 2 is 2.33 bits per heavy atom. The summed E-state index contributed by atoms with van der Waals surface area (Å²) in [6.07, 6.45) is 3.69. The van der Waals surface area contributed by atoms with Crippen molar-refractivity contribution in [2.75, 3.05) is 19.3 Å². The smallest absolute Gasteiger partial charge is 0.292 e. The molecule has 0 atom stereocenters. The monoisotopic (exact) mass is 207 g/mol. The van der Waals surface area contributed by atoms with E-state index in [0.29, 0.717) is 0 Å². The van der Waals surface area contributed by atoms with Crippen LogP contribution < -0.4 is 11.1 Å². The first-order chi connectivity index (χ1) is 7.15. The molecule has 0 aliphatic rings. The SMILES string of the molecule is CNCC=Cc1ccc(N)c([N+](=O)[O-])c1. The zero-order chi connectivity index (χ0) is 11.3. The Labute approximate surface area is 87.7 Å². The lowest BCUT2D eigenvalue weighted by molar-refractivity contribution is -0.383. The van der Waals surface area contributed by atoms with Gasteiger partial charge >= 0.3 is 0 Å². The maximum absolute atomic E-state index is 10.6. The number of nitrogen functional groups attached to an aromatic ring is 1. The first kappa shape index (κ1) is 11.2. The average Bonchev–Trinajstić information content (AvgIpc) is 2.20. The standard InChI is InChI=1S/C10H13N3O2/c1-12-6-2-3-8-4-5-9(11)10(7-8)13(14)15/h2-5,7,12H,6,11H2,1H3. The number of likely N-dealkylation sites (N-methyl/N-ethyl adjacent to an activating group) is 1. The molecule has 0 amide bonds. The molecule has 1 aromatic rings. The lowest BCUT2D eigenvalue weighted by atomic mass is 10.1. The highest BCUT2D eigenvalue weighted by molar-refractivity contribution is 5.64. The predicted octanol–water partition coefficient (Wildman–Crippen LogP) is 1.41. The third-order valence-electron chi connectivity index (χ3n) is 1.88. The number of hydrogen-bond donors (Lipinski definition) is 2. The number of benzene rings is 1. The van der Waals surface area contributed by atoms with Crippen LogP contribution in [0.3, 0.4) is 0 Å². The van der Waals surface area contributed by atoms with Crippen LogP contribution in [0.2, 0.25) is 0 Å². The first-order valence-electron chi connectivity index (χ1n) is 4.50. The van der Waals surface area contributed by atoms with Crippen LogP contribution in [0.15, 0.2) is 24.3 Å². The summed E-state index contributed by atoms with van der Waals surface area (Å²) < 4.78 is 0. The second-order valence-electron chi connectivity index (χ2n) is 3.04. The molecule has 0 heterocycles. The minimum atomic E-state index is -0.481. The molecular formula is C10H13N3O2. The van der Waals surface area contributed by atoms with Gasteiger partial charge in [-0.05, 0) is 18.7 Å². The molecule has 0 saturated heterocycles. The number of rotatable bonds is 4. The van der Waals surface area contributed by atoms with Gasteiger partial charge in [-0.2, -0.15) is 0 Å². The average molecular weight is 207 g/mol. The molecule has 0 saturated carbocycles. The van der Waals surface area contributed by atoms with Crippen molar-refractivity contribution in [2.24, 2.45) is 0 Å². The van der Waals surface area contributed by atoms with Crippen LogP contribution in [0.5, 0.6) is 0 Å². The summed E-state index contributed by atoms with van der Waals surface area (Å²) in [7, 11) is 1.83. The van der Waals surface area contributed by atoms with E-state index < -0.39 is 4.92 Å². The molecule has 0 radical (unpaired) electrons. The van der Waals surface area contributed by atoms with E-state index in [1.165, 1.54) is 12.1 Å². The Morgan fingerprint density at radius 3 is 2.93 bits per heavy atom. The molecule has 0 fully saturated rings. The van der Waals surface area contributed by atoms with Crippen LogP contribution in [-0.4, -0.2) is 18.5 Å². The Balaban J connectivity index is 2.92. The van der Waals surface area contributed by atoms with Gasteiger partial charge in [0.25, 0.3) is 5.69 Å². The summed E-state index contributed by atoms with van der Waals surface area (Å²) in [5.41, 5.74) is 6.37. The molecular weight excluding hydrogens is 194 g/mol. The third-order valence-corrected chi connectivity index (χ3v) is 1.88. The fourth-order valence-electron chi connectivity index (χ4n) is 1.14. The van der Waals surface area contributed by atoms with E-state index in [-0.39, 0.29) is 11.4 Å². The number of nitro groups is 1. The molecule has 80 valence electrons. The number of nitrogens with one attached hydrogen (secondary N) is 1. The van der Waals surface area contributed by atoms with Gasteiger partial charge in [-0.3, -0.25) is 10.1 Å². The van der Waals surface area contributed by atoms with Gasteiger partial charge in [-0.1, -0.05) is 18.2 Å². The normalized spacial score (nSPS) is 10.7. The van der Waals surface area contributed by atoms with Crippen molar-refractivity contribution in [3.8, 4) is 0 Å². The van der Waals surface area contributed by atoms with Gasteiger partial charge in [-0.25, -0.2) is 0 Å². The van der Waals surface area contributed by atoms with E-state index in [9.17, 15) is 10.1 Å². The van der Waals surface area contributed by atoms with E-state index in [2.05, 4.69) is 5.32 Å². The van der Waals surface area contributed by atoms with E-state index in [1.54, 1.807) is 6.07 Å². The van der Waals surface area contributed by atoms with E-state index in [4.69, 9.17) is 5.73 Å². The maximum Gasteiger partial charge on any atom is 0.292 e. The first-order valence-corrected chi connectivity index (χ1v) is 4.50. The van der Waals surface area contributed by atoms with Crippen molar-refractivity contribution >= 4 is 17.5 Å². The molecule has 15 heavy (non-hydrogen) atoms. The van der Waals surface area contributed by atoms with Gasteiger partial charge in [-0.15, -0.1) is 0 Å². The van der Waals surface area contributed by atoms with Crippen LogP contribution in [-0.2, 0) is 0 Å². The minimum Gasteiger partial charge on any atom is -0.393 e. The van der Waals surface area contributed by atoms with E-state index in [1.807, 2.05) is 19.2 Å². The van der Waals surface area contributed by atoms with Crippen LogP contribution in [0.1, 0.15) is 5.56 Å². The maximum atomic E-state index is 10.6. The molecule has 0 aliphatic carbocycles. The zero-order valence-corrected chi connectivity index (χ0v) is 8.43. The summed E-state index contributed by atoms with van der Waals surface area (Å²) in [6, 6.07) is 4.74. The van der Waals surface area contributed by atoms with Crippen LogP contribution in [0.4, 0.5) is 11.4 Å². The van der Waals surface area contributed by atoms with Gasteiger partial charge in [0, 0.05) is 12.6 Å². The van der Waals surface area contributed by atoms with Gasteiger partial charge < -0.3 is 11.1 Å². The quantitative estimate of drug-likeness (QED) is 0.444. The van der Waals surface area contributed by atoms with Gasteiger partial charge in [0.1, 0.15) is 5.69 Å². The van der Waals surface area contributed by atoms with Crippen LogP contribution in [0.25, 0.3) is 6.08 Å². The topological polar surface area (TPSA) is 81.2 Å². The zero-order valence-electron chi connectivity index (χ0n) is 8.43. The second kappa shape index (κ2) is 5.11. The predicted molar refractivity (Wildman–Crippen MR) is 60.5 cm³/mol. The molecule has 0 bridgehead atoms. The summed E-state index contributed by atoms with van der Waals surface area (Å²) in [4.78, 5) is 10.1. The Bertz CT molecular complexity index is 388. The third kappa shape index (κ3) is 3.07. The Kier molecular flexibility index (Phi) is 3.82. The Morgan fingerprint density at radius 1 is 1.60 bits per heavy atom. The fourth-order valence-corrected chi connectivity index (χ4v) is 1.14. The molecule has 0 aromatic heterocycles. The molecule has 3 N–H and O–H groups in total. The van der Waals surface area contributed by atoms with Crippen LogP contribution in [0, 0.1) is 10.1 Å². The van der Waals surface area contributed by atoms with Gasteiger partial charge in [0.2, 0.25) is 0 Å². The number of anilines is 1. The fraction of sp³-hybridized carbons (Fsp3) is 0.200.